The maximum atomic E-state index is 12.9. The number of piperidine rings is 2. The second-order valence-corrected chi connectivity index (χ2v) is 11.6. The van der Waals surface area contributed by atoms with Crippen molar-refractivity contribution in [3.05, 3.63) is 98.4 Å². The van der Waals surface area contributed by atoms with Gasteiger partial charge in [-0.2, -0.15) is 0 Å². The molecule has 0 atom stereocenters. The van der Waals surface area contributed by atoms with Gasteiger partial charge in [-0.05, 0) is 110 Å². The molecule has 1 N–H and O–H groups in total. The average molecular weight is 530 g/mol. The zero-order chi connectivity index (χ0) is 26.0. The van der Waals surface area contributed by atoms with Crippen molar-refractivity contribution in [3.63, 3.8) is 0 Å². The standard InChI is InChI=1S/C32H36ClN3O2/c33-28-7-3-24(4-8-28)22-38-30-10-15-36(31(37)20-30)29-9-6-26-18-25(2-5-27(26)19-29)21-35-16-12-32(13-17-35)11-1-14-34-23-32/h2-5,7-8,10,15,18-20,34H,1,6,9,11-14,16-17,21-23H2. The molecule has 198 valence electrons. The van der Waals surface area contributed by atoms with Crippen LogP contribution in [0, 0.1) is 5.41 Å². The highest BCUT2D eigenvalue weighted by Gasteiger charge is 2.35. The fraction of sp³-hybridized carbons (Fsp3) is 0.406. The van der Waals surface area contributed by atoms with Crippen LogP contribution in [-0.4, -0.2) is 35.6 Å². The predicted molar refractivity (Wildman–Crippen MR) is 154 cm³/mol. The lowest BCUT2D eigenvalue weighted by Gasteiger charge is -2.44. The van der Waals surface area contributed by atoms with Crippen LogP contribution in [0.25, 0.3) is 11.8 Å². The molecule has 6 heteroatoms. The molecule has 3 heterocycles. The number of nitrogens with one attached hydrogen (secondary N) is 1. The first-order valence-corrected chi connectivity index (χ1v) is 14.3. The Balaban J connectivity index is 1.09. The van der Waals surface area contributed by atoms with Crippen molar-refractivity contribution in [1.82, 2.24) is 14.8 Å². The maximum absolute atomic E-state index is 12.9. The number of halogens is 1. The number of hydrogen-bond acceptors (Lipinski definition) is 4. The molecule has 0 radical (unpaired) electrons. The van der Waals surface area contributed by atoms with Crippen molar-refractivity contribution in [2.45, 2.75) is 51.7 Å². The van der Waals surface area contributed by atoms with Gasteiger partial charge in [0.05, 0.1) is 0 Å². The minimum atomic E-state index is -0.0686. The van der Waals surface area contributed by atoms with Crippen LogP contribution in [-0.2, 0) is 19.6 Å². The molecule has 2 fully saturated rings. The molecule has 0 unspecified atom stereocenters. The van der Waals surface area contributed by atoms with Gasteiger partial charge in [-0.3, -0.25) is 14.3 Å². The summed E-state index contributed by atoms with van der Waals surface area (Å²) in [6.45, 7) is 6.22. The minimum Gasteiger partial charge on any atom is -0.489 e. The van der Waals surface area contributed by atoms with Gasteiger partial charge in [0, 0.05) is 36.1 Å². The molecule has 1 aromatic heterocycles. The Hall–Kier alpha value is -2.86. The Bertz CT molecular complexity index is 1360. The van der Waals surface area contributed by atoms with Gasteiger partial charge in [0.1, 0.15) is 12.4 Å². The second-order valence-electron chi connectivity index (χ2n) is 11.2. The Morgan fingerprint density at radius 1 is 0.947 bits per heavy atom. The lowest BCUT2D eigenvalue weighted by atomic mass is 9.73. The van der Waals surface area contributed by atoms with Crippen molar-refractivity contribution < 1.29 is 4.74 Å². The highest BCUT2D eigenvalue weighted by atomic mass is 35.5. The number of aromatic nitrogens is 1. The SMILES string of the molecule is O=c1cc(OCc2ccc(Cl)cc2)ccn1C1=Cc2ccc(CN3CCC4(CCCNC4)CC3)cc2CC1. The fourth-order valence-electron chi connectivity index (χ4n) is 6.26. The number of benzene rings is 2. The van der Waals surface area contributed by atoms with Crippen LogP contribution in [0.15, 0.2) is 65.6 Å². The quantitative estimate of drug-likeness (QED) is 0.426. The van der Waals surface area contributed by atoms with Crippen LogP contribution in [0.3, 0.4) is 0 Å². The molecule has 6 rings (SSSR count). The van der Waals surface area contributed by atoms with E-state index < -0.39 is 0 Å². The topological polar surface area (TPSA) is 46.5 Å². The molecule has 3 aliphatic rings. The Labute approximate surface area is 230 Å². The third-order valence-electron chi connectivity index (χ3n) is 8.58. The van der Waals surface area contributed by atoms with Crippen LogP contribution in [0.4, 0.5) is 0 Å². The van der Waals surface area contributed by atoms with Crippen molar-refractivity contribution in [2.75, 3.05) is 26.2 Å². The predicted octanol–water partition coefficient (Wildman–Crippen LogP) is 5.99. The smallest absolute Gasteiger partial charge is 0.258 e. The molecule has 0 saturated carbocycles. The van der Waals surface area contributed by atoms with E-state index >= 15 is 0 Å². The first kappa shape index (κ1) is 25.4. The lowest BCUT2D eigenvalue weighted by Crippen LogP contribution is -2.47. The van der Waals surface area contributed by atoms with E-state index in [1.807, 2.05) is 36.5 Å². The number of fused-ring (bicyclic) bond motifs is 1. The fourth-order valence-corrected chi connectivity index (χ4v) is 6.38. The van der Waals surface area contributed by atoms with E-state index in [1.54, 1.807) is 10.6 Å². The van der Waals surface area contributed by atoms with E-state index in [2.05, 4.69) is 34.5 Å². The molecule has 1 aliphatic carbocycles. The zero-order valence-corrected chi connectivity index (χ0v) is 22.7. The first-order valence-electron chi connectivity index (χ1n) is 13.9. The number of pyridine rings is 1. The Kier molecular flexibility index (Phi) is 7.42. The van der Waals surface area contributed by atoms with E-state index in [0.29, 0.717) is 22.8 Å². The summed E-state index contributed by atoms with van der Waals surface area (Å²) in [7, 11) is 0. The number of nitrogens with zero attached hydrogens (tertiary/aromatic N) is 2. The normalized spacial score (nSPS) is 19.1. The van der Waals surface area contributed by atoms with Crippen LogP contribution < -0.4 is 15.6 Å². The van der Waals surface area contributed by atoms with Crippen molar-refractivity contribution in [3.8, 4) is 5.75 Å². The number of ether oxygens (including phenoxy) is 1. The molecule has 2 saturated heterocycles. The van der Waals surface area contributed by atoms with Crippen LogP contribution in [0.2, 0.25) is 5.02 Å². The lowest BCUT2D eigenvalue weighted by molar-refractivity contribution is 0.0750. The first-order chi connectivity index (χ1) is 18.6. The molecular formula is C32H36ClN3O2. The van der Waals surface area contributed by atoms with E-state index in [1.165, 1.54) is 68.6 Å². The van der Waals surface area contributed by atoms with Crippen LogP contribution >= 0.6 is 11.6 Å². The minimum absolute atomic E-state index is 0.0686. The van der Waals surface area contributed by atoms with Gasteiger partial charge >= 0.3 is 0 Å². The summed E-state index contributed by atoms with van der Waals surface area (Å²) in [4.78, 5) is 15.5. The second kappa shape index (κ2) is 11.1. The molecule has 3 aromatic rings. The van der Waals surface area contributed by atoms with Crippen molar-refractivity contribution >= 4 is 23.4 Å². The molecule has 2 aliphatic heterocycles. The summed E-state index contributed by atoms with van der Waals surface area (Å²) < 4.78 is 7.58. The van der Waals surface area contributed by atoms with E-state index in [4.69, 9.17) is 16.3 Å². The van der Waals surface area contributed by atoms with E-state index in [9.17, 15) is 4.79 Å². The van der Waals surface area contributed by atoms with Gasteiger partial charge in [-0.25, -0.2) is 0 Å². The van der Waals surface area contributed by atoms with Gasteiger partial charge in [0.25, 0.3) is 5.56 Å². The summed E-state index contributed by atoms with van der Waals surface area (Å²) in [6, 6.07) is 17.8. The monoisotopic (exact) mass is 529 g/mol. The summed E-state index contributed by atoms with van der Waals surface area (Å²) in [6.07, 6.45) is 11.1. The van der Waals surface area contributed by atoms with E-state index in [0.717, 1.165) is 30.6 Å². The van der Waals surface area contributed by atoms with Crippen molar-refractivity contribution in [1.29, 1.82) is 0 Å². The molecule has 38 heavy (non-hydrogen) atoms. The van der Waals surface area contributed by atoms with Crippen LogP contribution in [0.5, 0.6) is 5.75 Å². The molecule has 0 amide bonds. The Morgan fingerprint density at radius 2 is 1.76 bits per heavy atom. The number of allylic oxidation sites excluding steroid dienone is 1. The largest absolute Gasteiger partial charge is 0.489 e. The third-order valence-corrected chi connectivity index (χ3v) is 8.83. The summed E-state index contributed by atoms with van der Waals surface area (Å²) >= 11 is 5.95. The summed E-state index contributed by atoms with van der Waals surface area (Å²) in [5, 5.41) is 4.32. The zero-order valence-electron chi connectivity index (χ0n) is 21.9. The van der Waals surface area contributed by atoms with Gasteiger partial charge < -0.3 is 10.1 Å². The third kappa shape index (κ3) is 5.75. The molecule has 5 nitrogen and oxygen atoms in total. The summed E-state index contributed by atoms with van der Waals surface area (Å²) in [5.74, 6) is 0.575. The van der Waals surface area contributed by atoms with Gasteiger partial charge in [-0.1, -0.05) is 41.9 Å². The molecule has 0 bridgehead atoms. The van der Waals surface area contributed by atoms with Gasteiger partial charge in [0.15, 0.2) is 0 Å². The number of aryl methyl sites for hydroxylation is 1. The maximum Gasteiger partial charge on any atom is 0.258 e. The van der Waals surface area contributed by atoms with E-state index in [-0.39, 0.29) is 5.56 Å². The van der Waals surface area contributed by atoms with Crippen molar-refractivity contribution in [2.24, 2.45) is 5.41 Å². The van der Waals surface area contributed by atoms with Crippen LogP contribution in [0.1, 0.15) is 54.4 Å². The van der Waals surface area contributed by atoms with Gasteiger partial charge in [0.2, 0.25) is 0 Å². The molecule has 1 spiro atoms. The average Bonchev–Trinajstić information content (AvgIpc) is 2.94. The number of rotatable bonds is 6. The molecular weight excluding hydrogens is 494 g/mol. The Morgan fingerprint density at radius 3 is 2.53 bits per heavy atom. The van der Waals surface area contributed by atoms with Gasteiger partial charge in [-0.15, -0.1) is 0 Å². The number of likely N-dealkylation sites (tertiary alicyclic amines) is 1. The molecule has 2 aromatic carbocycles. The summed E-state index contributed by atoms with van der Waals surface area (Å²) in [5.41, 5.74) is 6.52. The highest BCUT2D eigenvalue weighted by molar-refractivity contribution is 6.30. The highest BCUT2D eigenvalue weighted by Crippen LogP contribution is 2.37. The number of hydrogen-bond donors (Lipinski definition) is 1.